The third-order valence-electron chi connectivity index (χ3n) is 6.41. The van der Waals surface area contributed by atoms with Gasteiger partial charge in [-0.15, -0.1) is 0 Å². The van der Waals surface area contributed by atoms with Gasteiger partial charge in [-0.25, -0.2) is 0 Å². The van der Waals surface area contributed by atoms with Crippen LogP contribution in [0.4, 0.5) is 0 Å². The summed E-state index contributed by atoms with van der Waals surface area (Å²) < 4.78 is 0. The van der Waals surface area contributed by atoms with Crippen molar-refractivity contribution in [3.05, 3.63) is 23.0 Å². The molecule has 23 heavy (non-hydrogen) atoms. The zero-order valence-corrected chi connectivity index (χ0v) is 14.3. The smallest absolute Gasteiger partial charge is 0.145 e. The maximum Gasteiger partial charge on any atom is 0.145 e. The zero-order valence-electron chi connectivity index (χ0n) is 14.3. The van der Waals surface area contributed by atoms with Crippen molar-refractivity contribution in [2.24, 2.45) is 27.0 Å². The molecular formula is C18H25N3O2. The quantitative estimate of drug-likeness (QED) is 0.664. The fraction of sp³-hybridized carbons (Fsp3) is 0.611. The van der Waals surface area contributed by atoms with Crippen molar-refractivity contribution < 1.29 is 10.2 Å². The average molecular weight is 315 g/mol. The summed E-state index contributed by atoms with van der Waals surface area (Å²) in [6.45, 7) is 8.49. The van der Waals surface area contributed by atoms with Crippen molar-refractivity contribution in [2.45, 2.75) is 53.6 Å². The van der Waals surface area contributed by atoms with E-state index in [-0.39, 0.29) is 23.2 Å². The number of aliphatic hydroxyl groups excluding tert-OH is 1. The summed E-state index contributed by atoms with van der Waals surface area (Å²) in [5, 5.41) is 28.2. The van der Waals surface area contributed by atoms with Crippen LogP contribution < -0.4 is 0 Å². The van der Waals surface area contributed by atoms with Gasteiger partial charge in [0.15, 0.2) is 0 Å². The second kappa shape index (κ2) is 5.41. The first-order valence-electron chi connectivity index (χ1n) is 8.20. The summed E-state index contributed by atoms with van der Waals surface area (Å²) in [6.07, 6.45) is 6.54. The fourth-order valence-electron chi connectivity index (χ4n) is 4.16. The predicted octanol–water partition coefficient (Wildman–Crippen LogP) is 3.21. The van der Waals surface area contributed by atoms with E-state index in [1.165, 1.54) is 19.1 Å². The monoisotopic (exact) mass is 315 g/mol. The van der Waals surface area contributed by atoms with Crippen LogP contribution in [0.5, 0.6) is 5.75 Å². The number of pyridine rings is 1. The standard InChI is InChI=1S/C18H25N3O2/c1-11-16(23)14(12(10-22)8-19-11)9-20-21-15-7-13-5-6-18(15,4)17(13,2)3/h8-9,13,22-23H,5-7,10H2,1-4H3/b20-9+,21-15-. The van der Waals surface area contributed by atoms with Crippen molar-refractivity contribution in [1.29, 1.82) is 0 Å². The minimum absolute atomic E-state index is 0.0555. The van der Waals surface area contributed by atoms with Crippen LogP contribution in [0, 0.1) is 23.7 Å². The SMILES string of the molecule is Cc1ncc(CO)c(/C=N/N=C2/CC3CCC2(C)C3(C)C)c1O. The topological polar surface area (TPSA) is 78.1 Å². The summed E-state index contributed by atoms with van der Waals surface area (Å²) in [4.78, 5) is 4.05. The molecule has 5 nitrogen and oxygen atoms in total. The maximum atomic E-state index is 10.1. The van der Waals surface area contributed by atoms with Gasteiger partial charge in [-0.3, -0.25) is 4.98 Å². The van der Waals surface area contributed by atoms with E-state index in [4.69, 9.17) is 0 Å². The molecule has 2 aliphatic rings. The third kappa shape index (κ3) is 2.29. The molecule has 2 fully saturated rings. The Bertz CT molecular complexity index is 694. The molecule has 3 rings (SSSR count). The number of hydrogen-bond acceptors (Lipinski definition) is 5. The molecule has 124 valence electrons. The van der Waals surface area contributed by atoms with Crippen LogP contribution in [0.15, 0.2) is 16.4 Å². The highest BCUT2D eigenvalue weighted by molar-refractivity contribution is 5.95. The molecule has 0 saturated heterocycles. The summed E-state index contributed by atoms with van der Waals surface area (Å²) in [5.74, 6) is 0.742. The molecular weight excluding hydrogens is 290 g/mol. The number of rotatable bonds is 3. The van der Waals surface area contributed by atoms with Crippen LogP contribution in [0.25, 0.3) is 0 Å². The lowest BCUT2D eigenvalue weighted by Crippen LogP contribution is -2.32. The number of aromatic nitrogens is 1. The van der Waals surface area contributed by atoms with Gasteiger partial charge in [0.05, 0.1) is 18.5 Å². The van der Waals surface area contributed by atoms with Gasteiger partial charge in [0.2, 0.25) is 0 Å². The summed E-state index contributed by atoms with van der Waals surface area (Å²) in [7, 11) is 0. The molecule has 2 aliphatic carbocycles. The third-order valence-corrected chi connectivity index (χ3v) is 6.41. The van der Waals surface area contributed by atoms with Crippen LogP contribution in [-0.2, 0) is 6.61 Å². The highest BCUT2D eigenvalue weighted by Gasteiger charge is 2.59. The molecule has 0 aromatic carbocycles. The van der Waals surface area contributed by atoms with Crippen molar-refractivity contribution >= 4 is 11.9 Å². The van der Waals surface area contributed by atoms with Crippen molar-refractivity contribution in [3.8, 4) is 5.75 Å². The second-order valence-electron chi connectivity index (χ2n) is 7.57. The van der Waals surface area contributed by atoms with Crippen LogP contribution in [-0.4, -0.2) is 27.1 Å². The number of aryl methyl sites for hydroxylation is 1. The number of aromatic hydroxyl groups is 1. The lowest BCUT2D eigenvalue weighted by molar-refractivity contribution is 0.194. The van der Waals surface area contributed by atoms with Crippen LogP contribution >= 0.6 is 0 Å². The highest BCUT2D eigenvalue weighted by Crippen LogP contribution is 2.63. The molecule has 1 aromatic heterocycles. The van der Waals surface area contributed by atoms with Crippen molar-refractivity contribution in [3.63, 3.8) is 0 Å². The molecule has 2 atom stereocenters. The van der Waals surface area contributed by atoms with E-state index in [1.54, 1.807) is 13.1 Å². The largest absolute Gasteiger partial charge is 0.505 e. The molecule has 1 heterocycles. The van der Waals surface area contributed by atoms with Gasteiger partial charge in [0.25, 0.3) is 0 Å². The Labute approximate surface area is 137 Å². The first kappa shape index (κ1) is 16.1. The fourth-order valence-corrected chi connectivity index (χ4v) is 4.16. The van der Waals surface area contributed by atoms with Gasteiger partial charge in [-0.1, -0.05) is 20.8 Å². The summed E-state index contributed by atoms with van der Waals surface area (Å²) >= 11 is 0. The van der Waals surface area contributed by atoms with Crippen LogP contribution in [0.1, 0.15) is 56.9 Å². The number of fused-ring (bicyclic) bond motifs is 2. The molecule has 5 heteroatoms. The molecule has 0 amide bonds. The molecule has 0 spiro atoms. The molecule has 0 aliphatic heterocycles. The van der Waals surface area contributed by atoms with Gasteiger partial charge < -0.3 is 10.2 Å². The van der Waals surface area contributed by atoms with Crippen LogP contribution in [0.2, 0.25) is 0 Å². The Balaban J connectivity index is 1.90. The van der Waals surface area contributed by atoms with E-state index < -0.39 is 0 Å². The van der Waals surface area contributed by atoms with Crippen molar-refractivity contribution in [2.75, 3.05) is 0 Å². The number of aliphatic hydroxyl groups is 1. The molecule has 2 N–H and O–H groups in total. The zero-order chi connectivity index (χ0) is 16.8. The van der Waals surface area contributed by atoms with Gasteiger partial charge in [0, 0.05) is 28.5 Å². The van der Waals surface area contributed by atoms with E-state index in [0.29, 0.717) is 22.7 Å². The minimum Gasteiger partial charge on any atom is -0.505 e. The van der Waals surface area contributed by atoms with E-state index >= 15 is 0 Å². The number of hydrogen-bond donors (Lipinski definition) is 2. The Morgan fingerprint density at radius 2 is 2.13 bits per heavy atom. The molecule has 2 bridgehead atoms. The maximum absolute atomic E-state index is 10.1. The Kier molecular flexibility index (Phi) is 3.79. The molecule has 2 saturated carbocycles. The van der Waals surface area contributed by atoms with Gasteiger partial charge in [0.1, 0.15) is 5.75 Å². The first-order chi connectivity index (χ1) is 10.8. The molecule has 1 aromatic rings. The summed E-state index contributed by atoms with van der Waals surface area (Å²) in [6, 6.07) is 0. The van der Waals surface area contributed by atoms with E-state index in [1.807, 2.05) is 0 Å². The van der Waals surface area contributed by atoms with E-state index in [0.717, 1.165) is 12.1 Å². The van der Waals surface area contributed by atoms with Gasteiger partial charge in [-0.05, 0) is 37.5 Å². The number of nitrogens with zero attached hydrogens (tertiary/aromatic N) is 3. The molecule has 0 radical (unpaired) electrons. The Hall–Kier alpha value is -1.75. The van der Waals surface area contributed by atoms with Gasteiger partial charge in [-0.2, -0.15) is 10.2 Å². The lowest BCUT2D eigenvalue weighted by atomic mass is 9.70. The van der Waals surface area contributed by atoms with Crippen molar-refractivity contribution in [1.82, 2.24) is 4.98 Å². The Morgan fingerprint density at radius 3 is 2.70 bits per heavy atom. The second-order valence-corrected chi connectivity index (χ2v) is 7.57. The first-order valence-corrected chi connectivity index (χ1v) is 8.20. The predicted molar refractivity (Wildman–Crippen MR) is 90.8 cm³/mol. The van der Waals surface area contributed by atoms with Crippen LogP contribution in [0.3, 0.4) is 0 Å². The van der Waals surface area contributed by atoms with Gasteiger partial charge >= 0.3 is 0 Å². The van der Waals surface area contributed by atoms with E-state index in [2.05, 4.69) is 36.0 Å². The average Bonchev–Trinajstić information content (AvgIpc) is 2.85. The summed E-state index contributed by atoms with van der Waals surface area (Å²) in [5.41, 5.74) is 3.11. The Morgan fingerprint density at radius 1 is 1.39 bits per heavy atom. The highest BCUT2D eigenvalue weighted by atomic mass is 16.3. The minimum atomic E-state index is -0.189. The lowest BCUT2D eigenvalue weighted by Gasteiger charge is -2.34. The van der Waals surface area contributed by atoms with E-state index in [9.17, 15) is 10.2 Å². The molecule has 2 unspecified atom stereocenters. The normalized spacial score (nSPS) is 30.7.